The van der Waals surface area contributed by atoms with E-state index in [4.69, 9.17) is 36.0 Å². The van der Waals surface area contributed by atoms with E-state index in [1.807, 2.05) is 48.8 Å². The van der Waals surface area contributed by atoms with Crippen LogP contribution in [-0.2, 0) is 0 Å². The van der Waals surface area contributed by atoms with Gasteiger partial charge in [0.2, 0.25) is 10.6 Å². The summed E-state index contributed by atoms with van der Waals surface area (Å²) in [5.41, 5.74) is 5.14. The van der Waals surface area contributed by atoms with Crippen LogP contribution in [0.2, 0.25) is 30.2 Å². The molecule has 4 aromatic rings. The summed E-state index contributed by atoms with van der Waals surface area (Å²) < 4.78 is 2.98. The predicted molar refractivity (Wildman–Crippen MR) is 161 cm³/mol. The van der Waals surface area contributed by atoms with E-state index in [0.717, 1.165) is 42.1 Å². The fourth-order valence-corrected chi connectivity index (χ4v) is 5.41. The summed E-state index contributed by atoms with van der Waals surface area (Å²) in [6.45, 7) is 6.44. The highest BCUT2D eigenvalue weighted by molar-refractivity contribution is 9.10. The van der Waals surface area contributed by atoms with Crippen LogP contribution in [0.5, 0.6) is 0 Å². The average molecular weight is 629 g/mol. The van der Waals surface area contributed by atoms with Crippen LogP contribution in [0.15, 0.2) is 15.2 Å². The molecule has 0 N–H and O–H groups in total. The standard InChI is InChI=1S/C10H8ClN3S.C8H7BrClN3S.C5H10Si/c1-4-6-5-15-8-7(6)12-10(11)13-9(8)14(2)3;1-13(2)7-6-5(4(9)3-14-6)11-8(10)12-7;1-5-6(2,3)4/h1,5H,2-3H3;3H,1-2H3;1H,2-4H3. The molecule has 0 aliphatic heterocycles. The monoisotopic (exact) mass is 626 g/mol. The van der Waals surface area contributed by atoms with Crippen LogP contribution >= 0.6 is 61.8 Å². The van der Waals surface area contributed by atoms with Crippen LogP contribution in [0.4, 0.5) is 11.6 Å². The number of anilines is 2. The lowest BCUT2D eigenvalue weighted by Gasteiger charge is -2.11. The molecular formula is C23H25BrCl2N6S2Si. The van der Waals surface area contributed by atoms with Crippen molar-refractivity contribution in [1.82, 2.24) is 19.9 Å². The number of terminal acetylenes is 2. The third-order valence-corrected chi connectivity index (χ3v) is 8.17. The molecule has 184 valence electrons. The molecule has 4 heterocycles. The van der Waals surface area contributed by atoms with E-state index in [9.17, 15) is 0 Å². The van der Waals surface area contributed by atoms with Crippen molar-refractivity contribution < 1.29 is 0 Å². The number of rotatable bonds is 2. The summed E-state index contributed by atoms with van der Waals surface area (Å²) in [6, 6.07) is 0. The van der Waals surface area contributed by atoms with Crippen molar-refractivity contribution in [2.24, 2.45) is 0 Å². The van der Waals surface area contributed by atoms with Gasteiger partial charge in [-0.1, -0.05) is 25.6 Å². The van der Waals surface area contributed by atoms with Crippen molar-refractivity contribution in [3.63, 3.8) is 0 Å². The molecule has 0 aromatic carbocycles. The number of nitrogens with zero attached hydrogens (tertiary/aromatic N) is 6. The summed E-state index contributed by atoms with van der Waals surface area (Å²) in [7, 11) is 6.59. The topological polar surface area (TPSA) is 58.0 Å². The fraction of sp³-hybridized carbons (Fsp3) is 0.304. The summed E-state index contributed by atoms with van der Waals surface area (Å²) in [5, 5.41) is 4.38. The molecule has 0 aliphatic carbocycles. The molecule has 4 rings (SSSR count). The number of hydrogen-bond donors (Lipinski definition) is 0. The van der Waals surface area contributed by atoms with Gasteiger partial charge < -0.3 is 9.80 Å². The van der Waals surface area contributed by atoms with Crippen LogP contribution < -0.4 is 9.80 Å². The SMILES string of the molecule is C#C[Si](C)(C)C.C#Cc1csc2c(N(C)C)nc(Cl)nc12.CN(C)c1nc(Cl)nc2c(Br)csc12. The summed E-state index contributed by atoms with van der Waals surface area (Å²) in [5.74, 6) is 4.25. The number of fused-ring (bicyclic) bond motifs is 2. The van der Waals surface area contributed by atoms with Gasteiger partial charge in [0.1, 0.15) is 19.1 Å². The van der Waals surface area contributed by atoms with Gasteiger partial charge in [0.05, 0.1) is 19.4 Å². The first-order valence-corrected chi connectivity index (χ1v) is 16.9. The molecule has 0 radical (unpaired) electrons. The highest BCUT2D eigenvalue weighted by Gasteiger charge is 2.13. The van der Waals surface area contributed by atoms with E-state index >= 15 is 0 Å². The van der Waals surface area contributed by atoms with Crippen molar-refractivity contribution in [3.8, 4) is 24.3 Å². The normalized spacial score (nSPS) is 10.5. The van der Waals surface area contributed by atoms with Crippen LogP contribution in [0.3, 0.4) is 0 Å². The number of hydrogen-bond acceptors (Lipinski definition) is 8. The van der Waals surface area contributed by atoms with Crippen molar-refractivity contribution in [2.75, 3.05) is 38.0 Å². The molecule has 0 spiro atoms. The fourth-order valence-electron chi connectivity index (χ4n) is 2.43. The lowest BCUT2D eigenvalue weighted by Crippen LogP contribution is -2.15. The highest BCUT2D eigenvalue weighted by atomic mass is 79.9. The lowest BCUT2D eigenvalue weighted by atomic mass is 10.3. The van der Waals surface area contributed by atoms with Gasteiger partial charge >= 0.3 is 0 Å². The molecule has 0 aliphatic rings. The zero-order valence-corrected chi connectivity index (χ0v) is 26.2. The smallest absolute Gasteiger partial charge is 0.225 e. The van der Waals surface area contributed by atoms with Crippen molar-refractivity contribution in [2.45, 2.75) is 19.6 Å². The zero-order valence-electron chi connectivity index (χ0n) is 20.4. The minimum atomic E-state index is -1.10. The number of aromatic nitrogens is 4. The summed E-state index contributed by atoms with van der Waals surface area (Å²) in [4.78, 5) is 20.5. The molecule has 0 bridgehead atoms. The second-order valence-electron chi connectivity index (χ2n) is 8.55. The first-order chi connectivity index (χ1) is 16.3. The molecule has 12 heteroatoms. The van der Waals surface area contributed by atoms with Crippen molar-refractivity contribution in [1.29, 1.82) is 0 Å². The van der Waals surface area contributed by atoms with E-state index in [0.29, 0.717) is 0 Å². The predicted octanol–water partition coefficient (Wildman–Crippen LogP) is 7.06. The molecular weight excluding hydrogens is 603 g/mol. The second kappa shape index (κ2) is 12.4. The third-order valence-electron chi connectivity index (χ3n) is 4.13. The number of halogens is 3. The van der Waals surface area contributed by atoms with E-state index < -0.39 is 8.07 Å². The van der Waals surface area contributed by atoms with Gasteiger partial charge in [0, 0.05) is 39.0 Å². The number of thiophene rings is 2. The Balaban J connectivity index is 0.000000202. The van der Waals surface area contributed by atoms with Crippen molar-refractivity contribution >= 4 is 102 Å². The van der Waals surface area contributed by atoms with Crippen LogP contribution in [0, 0.1) is 24.3 Å². The van der Waals surface area contributed by atoms with E-state index in [2.05, 4.69) is 67.0 Å². The Kier molecular flexibility index (Phi) is 10.3. The van der Waals surface area contributed by atoms with E-state index in [-0.39, 0.29) is 10.6 Å². The lowest BCUT2D eigenvalue weighted by molar-refractivity contribution is 1.07. The quantitative estimate of drug-likeness (QED) is 0.135. The van der Waals surface area contributed by atoms with Gasteiger partial charge in [-0.3, -0.25) is 0 Å². The minimum Gasteiger partial charge on any atom is -0.361 e. The van der Waals surface area contributed by atoms with Gasteiger partial charge in [-0.25, -0.2) is 9.97 Å². The molecule has 0 atom stereocenters. The first kappa shape index (κ1) is 29.3. The van der Waals surface area contributed by atoms with Crippen molar-refractivity contribution in [3.05, 3.63) is 31.4 Å². The van der Waals surface area contributed by atoms with Crippen LogP contribution in [-0.4, -0.2) is 56.2 Å². The Morgan fingerprint density at radius 3 is 1.69 bits per heavy atom. The zero-order chi connectivity index (χ0) is 26.5. The van der Waals surface area contributed by atoms with Crippen LogP contribution in [0.25, 0.3) is 20.4 Å². The first-order valence-electron chi connectivity index (χ1n) is 10.1. The highest BCUT2D eigenvalue weighted by Crippen LogP contribution is 2.35. The Labute approximate surface area is 233 Å². The van der Waals surface area contributed by atoms with Gasteiger partial charge in [-0.15, -0.1) is 41.1 Å². The third kappa shape index (κ3) is 7.78. The summed E-state index contributed by atoms with van der Waals surface area (Å²) >= 11 is 18.2. The maximum Gasteiger partial charge on any atom is 0.225 e. The maximum atomic E-state index is 5.84. The Bertz CT molecular complexity index is 1410. The van der Waals surface area contributed by atoms with Gasteiger partial charge in [-0.05, 0) is 39.1 Å². The molecule has 0 saturated carbocycles. The molecule has 4 aromatic heterocycles. The second-order valence-corrected chi connectivity index (χ2v) is 16.6. The molecule has 0 amide bonds. The van der Waals surface area contributed by atoms with Crippen LogP contribution in [0.1, 0.15) is 5.56 Å². The van der Waals surface area contributed by atoms with E-state index in [1.54, 1.807) is 11.3 Å². The Morgan fingerprint density at radius 1 is 0.829 bits per heavy atom. The average Bonchev–Trinajstić information content (AvgIpc) is 3.36. The molecule has 0 fully saturated rings. The molecule has 6 nitrogen and oxygen atoms in total. The Morgan fingerprint density at radius 2 is 1.26 bits per heavy atom. The van der Waals surface area contributed by atoms with Gasteiger partial charge in [0.25, 0.3) is 0 Å². The summed E-state index contributed by atoms with van der Waals surface area (Å²) in [6.07, 6.45) is 10.5. The maximum absolute atomic E-state index is 5.84. The largest absolute Gasteiger partial charge is 0.361 e. The van der Waals surface area contributed by atoms with Gasteiger partial charge in [-0.2, -0.15) is 9.97 Å². The molecule has 0 saturated heterocycles. The van der Waals surface area contributed by atoms with Gasteiger partial charge in [0.15, 0.2) is 11.6 Å². The molecule has 0 unspecified atom stereocenters. The van der Waals surface area contributed by atoms with E-state index in [1.165, 1.54) is 11.3 Å². The molecule has 35 heavy (non-hydrogen) atoms. The Hall–Kier alpha value is -1.92. The minimum absolute atomic E-state index is 0.223.